The van der Waals surface area contributed by atoms with Gasteiger partial charge in [-0.05, 0) is 30.8 Å². The molecule has 0 saturated carbocycles. The molecule has 102 valence electrons. The Labute approximate surface area is 113 Å². The van der Waals surface area contributed by atoms with Crippen molar-refractivity contribution in [1.29, 1.82) is 0 Å². The first kappa shape index (κ1) is 13.4. The Morgan fingerprint density at radius 1 is 1.21 bits per heavy atom. The zero-order valence-corrected chi connectivity index (χ0v) is 11.7. The average molecular weight is 261 g/mol. The van der Waals surface area contributed by atoms with Gasteiger partial charge >= 0.3 is 0 Å². The molecule has 2 rings (SSSR count). The molecule has 1 N–H and O–H groups in total. The molecule has 0 aliphatic carbocycles. The van der Waals surface area contributed by atoms with Gasteiger partial charge in [-0.25, -0.2) is 0 Å². The first-order valence-electron chi connectivity index (χ1n) is 6.09. The number of hydrogen-bond acceptors (Lipinski definition) is 4. The molecule has 0 bridgehead atoms. The van der Waals surface area contributed by atoms with Crippen LogP contribution < -0.4 is 14.8 Å². The van der Waals surface area contributed by atoms with Gasteiger partial charge in [0, 0.05) is 25.4 Å². The molecule has 5 heteroatoms. The molecule has 19 heavy (non-hydrogen) atoms. The summed E-state index contributed by atoms with van der Waals surface area (Å²) in [5.74, 6) is 1.46. The van der Waals surface area contributed by atoms with Crippen molar-refractivity contribution in [3.63, 3.8) is 0 Å². The predicted octanol–water partition coefficient (Wildman–Crippen LogP) is 1.82. The van der Waals surface area contributed by atoms with Crippen molar-refractivity contribution < 1.29 is 9.47 Å². The van der Waals surface area contributed by atoms with Crippen molar-refractivity contribution in [2.24, 2.45) is 7.05 Å². The second-order valence-corrected chi connectivity index (χ2v) is 4.23. The van der Waals surface area contributed by atoms with E-state index in [1.54, 1.807) is 20.4 Å². The van der Waals surface area contributed by atoms with E-state index in [0.29, 0.717) is 0 Å². The minimum atomic E-state index is 0.721. The Morgan fingerprint density at radius 3 is 2.42 bits per heavy atom. The van der Waals surface area contributed by atoms with Crippen molar-refractivity contribution in [3.05, 3.63) is 30.0 Å². The fraction of sp³-hybridized carbons (Fsp3) is 0.357. The van der Waals surface area contributed by atoms with Crippen LogP contribution in [-0.4, -0.2) is 31.0 Å². The minimum Gasteiger partial charge on any atom is -0.493 e. The van der Waals surface area contributed by atoms with Crippen LogP contribution in [0.3, 0.4) is 0 Å². The second kappa shape index (κ2) is 5.75. The smallest absolute Gasteiger partial charge is 0.161 e. The highest BCUT2D eigenvalue weighted by Crippen LogP contribution is 2.35. The van der Waals surface area contributed by atoms with Gasteiger partial charge in [0.1, 0.15) is 0 Å². The van der Waals surface area contributed by atoms with Gasteiger partial charge in [-0.2, -0.15) is 5.10 Å². The largest absolute Gasteiger partial charge is 0.493 e. The van der Waals surface area contributed by atoms with Gasteiger partial charge in [0.2, 0.25) is 0 Å². The lowest BCUT2D eigenvalue weighted by Gasteiger charge is -2.15. The summed E-state index contributed by atoms with van der Waals surface area (Å²) in [6.45, 7) is 0.751. The standard InChI is InChI=1S/C14H19N3O2/c1-15-9-10-7-13(18-3)14(19-4)8-11(10)12-5-6-16-17(12)2/h5-8,15H,9H2,1-4H3. The molecular weight excluding hydrogens is 242 g/mol. The van der Waals surface area contributed by atoms with Crippen LogP contribution in [0.15, 0.2) is 24.4 Å². The molecule has 1 aromatic carbocycles. The third kappa shape index (κ3) is 2.56. The summed E-state index contributed by atoms with van der Waals surface area (Å²) in [4.78, 5) is 0. The van der Waals surface area contributed by atoms with Crippen molar-refractivity contribution >= 4 is 0 Å². The van der Waals surface area contributed by atoms with Crippen molar-refractivity contribution in [1.82, 2.24) is 15.1 Å². The zero-order chi connectivity index (χ0) is 13.8. The topological polar surface area (TPSA) is 48.3 Å². The minimum absolute atomic E-state index is 0.721. The van der Waals surface area contributed by atoms with Crippen LogP contribution in [0.4, 0.5) is 0 Å². The number of aryl methyl sites for hydroxylation is 1. The molecule has 0 unspecified atom stereocenters. The van der Waals surface area contributed by atoms with Gasteiger partial charge in [-0.3, -0.25) is 4.68 Å². The number of methoxy groups -OCH3 is 2. The van der Waals surface area contributed by atoms with Crippen LogP contribution in [0.5, 0.6) is 11.5 Å². The zero-order valence-electron chi connectivity index (χ0n) is 11.7. The molecule has 1 aromatic heterocycles. The monoisotopic (exact) mass is 261 g/mol. The highest BCUT2D eigenvalue weighted by molar-refractivity contribution is 5.68. The number of rotatable bonds is 5. The number of hydrogen-bond donors (Lipinski definition) is 1. The van der Waals surface area contributed by atoms with E-state index in [-0.39, 0.29) is 0 Å². The first-order chi connectivity index (χ1) is 9.21. The fourth-order valence-corrected chi connectivity index (χ4v) is 2.13. The summed E-state index contributed by atoms with van der Waals surface area (Å²) in [6, 6.07) is 5.97. The molecular formula is C14H19N3O2. The van der Waals surface area contributed by atoms with Crippen LogP contribution >= 0.6 is 0 Å². The average Bonchev–Trinajstić information content (AvgIpc) is 2.84. The quantitative estimate of drug-likeness (QED) is 0.892. The summed E-state index contributed by atoms with van der Waals surface area (Å²) in [5, 5.41) is 7.39. The molecule has 1 heterocycles. The van der Waals surface area contributed by atoms with Gasteiger partial charge in [-0.1, -0.05) is 0 Å². The number of nitrogens with one attached hydrogen (secondary N) is 1. The summed E-state index contributed by atoms with van der Waals surface area (Å²) >= 11 is 0. The fourth-order valence-electron chi connectivity index (χ4n) is 2.13. The van der Waals surface area contributed by atoms with E-state index in [1.165, 1.54) is 0 Å². The molecule has 0 fully saturated rings. The summed E-state index contributed by atoms with van der Waals surface area (Å²) in [7, 11) is 7.13. The lowest BCUT2D eigenvalue weighted by atomic mass is 10.0. The molecule has 0 aliphatic rings. The van der Waals surface area contributed by atoms with Crippen molar-refractivity contribution in [3.8, 4) is 22.8 Å². The van der Waals surface area contributed by atoms with Gasteiger partial charge in [0.05, 0.1) is 19.9 Å². The molecule has 0 saturated heterocycles. The van der Waals surface area contributed by atoms with Gasteiger partial charge in [0.25, 0.3) is 0 Å². The molecule has 5 nitrogen and oxygen atoms in total. The van der Waals surface area contributed by atoms with Gasteiger partial charge in [-0.15, -0.1) is 0 Å². The molecule has 0 radical (unpaired) electrons. The number of ether oxygens (including phenoxy) is 2. The maximum Gasteiger partial charge on any atom is 0.161 e. The normalized spacial score (nSPS) is 10.5. The van der Waals surface area contributed by atoms with E-state index < -0.39 is 0 Å². The van der Waals surface area contributed by atoms with Crippen LogP contribution in [0.2, 0.25) is 0 Å². The maximum atomic E-state index is 5.37. The van der Waals surface area contributed by atoms with Crippen LogP contribution in [-0.2, 0) is 13.6 Å². The molecule has 2 aromatic rings. The highest BCUT2D eigenvalue weighted by atomic mass is 16.5. The first-order valence-corrected chi connectivity index (χ1v) is 6.09. The third-order valence-corrected chi connectivity index (χ3v) is 3.07. The van der Waals surface area contributed by atoms with E-state index >= 15 is 0 Å². The second-order valence-electron chi connectivity index (χ2n) is 4.23. The van der Waals surface area contributed by atoms with E-state index in [9.17, 15) is 0 Å². The molecule has 0 spiro atoms. The van der Waals surface area contributed by atoms with E-state index in [4.69, 9.17) is 9.47 Å². The summed E-state index contributed by atoms with van der Waals surface area (Å²) < 4.78 is 12.6. The Kier molecular flexibility index (Phi) is 4.06. The molecule has 0 atom stereocenters. The van der Waals surface area contributed by atoms with Crippen molar-refractivity contribution in [2.45, 2.75) is 6.54 Å². The lowest BCUT2D eigenvalue weighted by Crippen LogP contribution is -2.08. The van der Waals surface area contributed by atoms with E-state index in [1.807, 2.05) is 37.0 Å². The van der Waals surface area contributed by atoms with Crippen molar-refractivity contribution in [2.75, 3.05) is 21.3 Å². The Hall–Kier alpha value is -2.01. The van der Waals surface area contributed by atoms with Crippen LogP contribution in [0, 0.1) is 0 Å². The van der Waals surface area contributed by atoms with E-state index in [0.717, 1.165) is 34.9 Å². The van der Waals surface area contributed by atoms with Gasteiger partial charge in [0.15, 0.2) is 11.5 Å². The number of aromatic nitrogens is 2. The summed E-state index contributed by atoms with van der Waals surface area (Å²) in [5.41, 5.74) is 3.28. The van der Waals surface area contributed by atoms with Gasteiger partial charge < -0.3 is 14.8 Å². The highest BCUT2D eigenvalue weighted by Gasteiger charge is 2.14. The SMILES string of the molecule is CNCc1cc(OC)c(OC)cc1-c1ccnn1C. The number of nitrogens with zero attached hydrogens (tertiary/aromatic N) is 2. The predicted molar refractivity (Wildman–Crippen MR) is 74.5 cm³/mol. The van der Waals surface area contributed by atoms with Crippen LogP contribution in [0.1, 0.15) is 5.56 Å². The Bertz CT molecular complexity index is 564. The third-order valence-electron chi connectivity index (χ3n) is 3.07. The van der Waals surface area contributed by atoms with Crippen LogP contribution in [0.25, 0.3) is 11.3 Å². The maximum absolute atomic E-state index is 5.37. The van der Waals surface area contributed by atoms with E-state index in [2.05, 4.69) is 10.4 Å². The lowest BCUT2D eigenvalue weighted by molar-refractivity contribution is 0.354. The Balaban J connectivity index is 2.60. The Morgan fingerprint density at radius 2 is 1.89 bits per heavy atom. The summed E-state index contributed by atoms with van der Waals surface area (Å²) in [6.07, 6.45) is 1.79. The molecule has 0 amide bonds. The molecule has 0 aliphatic heterocycles. The number of benzene rings is 1.